The van der Waals surface area contributed by atoms with Crippen LogP contribution in [0.15, 0.2) is 72.4 Å². The fourth-order valence-electron chi connectivity index (χ4n) is 3.99. The van der Waals surface area contributed by atoms with Gasteiger partial charge in [-0.15, -0.1) is 0 Å². The van der Waals surface area contributed by atoms with Gasteiger partial charge in [0.25, 0.3) is 11.7 Å². The molecule has 9 heteroatoms. The zero-order chi connectivity index (χ0) is 26.0. The fraction of sp³-hybridized carbons (Fsp3) is 0.185. The molecule has 184 valence electrons. The molecule has 0 aliphatic carbocycles. The molecule has 0 spiro atoms. The minimum absolute atomic E-state index is 0.0920. The standard InChI is InChI=1S/C27H23FN2O6/c1-15(2)36-27(34)16-7-6-8-18(13-16)30-23(20-9-4-5-12-29-20)22(25(32)26(30)33)24(31)19-14-17(28)10-11-21(19)35-3/h4-15,23,31H,1-3H3/b24-22+. The monoisotopic (exact) mass is 490 g/mol. The number of nitrogens with zero attached hydrogens (tertiary/aromatic N) is 2. The van der Waals surface area contributed by atoms with Crippen molar-refractivity contribution in [2.24, 2.45) is 0 Å². The number of aliphatic hydroxyl groups excluding tert-OH is 1. The number of aliphatic hydroxyl groups is 1. The molecule has 1 aromatic heterocycles. The van der Waals surface area contributed by atoms with E-state index in [2.05, 4.69) is 4.98 Å². The first kappa shape index (κ1) is 24.6. The van der Waals surface area contributed by atoms with Crippen molar-refractivity contribution in [3.63, 3.8) is 0 Å². The summed E-state index contributed by atoms with van der Waals surface area (Å²) in [6, 6.07) is 13.3. The Hall–Kier alpha value is -4.53. The van der Waals surface area contributed by atoms with Gasteiger partial charge >= 0.3 is 5.97 Å². The van der Waals surface area contributed by atoms with E-state index >= 15 is 0 Å². The molecule has 1 atom stereocenters. The van der Waals surface area contributed by atoms with Crippen LogP contribution in [0.2, 0.25) is 0 Å². The minimum atomic E-state index is -1.16. The van der Waals surface area contributed by atoms with Crippen LogP contribution < -0.4 is 9.64 Å². The molecule has 1 amide bonds. The second-order valence-corrected chi connectivity index (χ2v) is 8.27. The Balaban J connectivity index is 1.92. The molecular formula is C27H23FN2O6. The van der Waals surface area contributed by atoms with Crippen LogP contribution >= 0.6 is 0 Å². The Morgan fingerprint density at radius 1 is 1.08 bits per heavy atom. The number of Topliss-reactive ketones (excluding diaryl/α,β-unsaturated/α-hetero) is 1. The molecule has 8 nitrogen and oxygen atoms in total. The molecule has 1 saturated heterocycles. The van der Waals surface area contributed by atoms with Gasteiger partial charge in [0, 0.05) is 11.9 Å². The molecule has 1 aliphatic rings. The quantitative estimate of drug-likeness (QED) is 0.236. The van der Waals surface area contributed by atoms with Crippen molar-refractivity contribution in [3.8, 4) is 5.75 Å². The van der Waals surface area contributed by atoms with E-state index in [-0.39, 0.29) is 39.9 Å². The molecule has 1 aliphatic heterocycles. The summed E-state index contributed by atoms with van der Waals surface area (Å²) < 4.78 is 24.5. The summed E-state index contributed by atoms with van der Waals surface area (Å²) in [5.74, 6) is -3.71. The zero-order valence-corrected chi connectivity index (χ0v) is 19.8. The highest BCUT2D eigenvalue weighted by atomic mass is 19.1. The molecule has 0 bridgehead atoms. The van der Waals surface area contributed by atoms with Crippen LogP contribution in [0, 0.1) is 5.82 Å². The smallest absolute Gasteiger partial charge is 0.338 e. The first-order chi connectivity index (χ1) is 17.2. The van der Waals surface area contributed by atoms with E-state index < -0.39 is 35.3 Å². The van der Waals surface area contributed by atoms with Crippen molar-refractivity contribution in [2.45, 2.75) is 26.0 Å². The van der Waals surface area contributed by atoms with E-state index in [1.807, 2.05) is 0 Å². The second-order valence-electron chi connectivity index (χ2n) is 8.27. The first-order valence-corrected chi connectivity index (χ1v) is 11.1. The van der Waals surface area contributed by atoms with Crippen LogP contribution in [0.4, 0.5) is 10.1 Å². The number of benzene rings is 2. The predicted octanol–water partition coefficient (Wildman–Crippen LogP) is 4.42. The summed E-state index contributed by atoms with van der Waals surface area (Å²) in [5, 5.41) is 11.2. The number of esters is 1. The number of methoxy groups -OCH3 is 1. The van der Waals surface area contributed by atoms with Gasteiger partial charge in [0.15, 0.2) is 0 Å². The number of ether oxygens (including phenoxy) is 2. The Morgan fingerprint density at radius 3 is 2.53 bits per heavy atom. The number of amides is 1. The lowest BCUT2D eigenvalue weighted by Gasteiger charge is -2.25. The molecular weight excluding hydrogens is 467 g/mol. The molecule has 4 rings (SSSR count). The number of carbonyl (C=O) groups excluding carboxylic acids is 3. The third kappa shape index (κ3) is 4.55. The van der Waals surface area contributed by atoms with Gasteiger partial charge in [0.2, 0.25) is 0 Å². The summed E-state index contributed by atoms with van der Waals surface area (Å²) in [6.45, 7) is 3.42. The lowest BCUT2D eigenvalue weighted by molar-refractivity contribution is -0.132. The van der Waals surface area contributed by atoms with Crippen LogP contribution in [0.5, 0.6) is 5.75 Å². The Kier molecular flexibility index (Phi) is 6.82. The maximum Gasteiger partial charge on any atom is 0.338 e. The third-order valence-electron chi connectivity index (χ3n) is 5.53. The average molecular weight is 490 g/mol. The van der Waals surface area contributed by atoms with Crippen LogP contribution in [-0.2, 0) is 14.3 Å². The van der Waals surface area contributed by atoms with Crippen molar-refractivity contribution in [3.05, 3.63) is 95.1 Å². The van der Waals surface area contributed by atoms with E-state index in [9.17, 15) is 23.9 Å². The van der Waals surface area contributed by atoms with Crippen LogP contribution in [-0.4, -0.2) is 41.0 Å². The van der Waals surface area contributed by atoms with Crippen molar-refractivity contribution in [1.29, 1.82) is 0 Å². The average Bonchev–Trinajstić information content (AvgIpc) is 3.14. The molecule has 0 saturated carbocycles. The third-order valence-corrected chi connectivity index (χ3v) is 5.53. The number of carbonyl (C=O) groups is 3. The molecule has 0 radical (unpaired) electrons. The van der Waals surface area contributed by atoms with Gasteiger partial charge in [-0.05, 0) is 62.4 Å². The molecule has 3 aromatic rings. The lowest BCUT2D eigenvalue weighted by Crippen LogP contribution is -2.30. The zero-order valence-electron chi connectivity index (χ0n) is 19.8. The normalized spacial score (nSPS) is 16.9. The number of hydrogen-bond donors (Lipinski definition) is 1. The van der Waals surface area contributed by atoms with Crippen molar-refractivity contribution < 1.29 is 33.4 Å². The van der Waals surface area contributed by atoms with Crippen molar-refractivity contribution in [1.82, 2.24) is 4.98 Å². The van der Waals surface area contributed by atoms with Crippen LogP contribution in [0.25, 0.3) is 5.76 Å². The highest BCUT2D eigenvalue weighted by Crippen LogP contribution is 2.42. The molecule has 1 unspecified atom stereocenters. The Labute approximate surface area is 206 Å². The highest BCUT2D eigenvalue weighted by Gasteiger charge is 2.48. The SMILES string of the molecule is COc1ccc(F)cc1/C(O)=C1\C(=O)C(=O)N(c2cccc(C(=O)OC(C)C)c2)C1c1ccccn1. The van der Waals surface area contributed by atoms with Crippen LogP contribution in [0.1, 0.15) is 41.5 Å². The fourth-order valence-corrected chi connectivity index (χ4v) is 3.99. The first-order valence-electron chi connectivity index (χ1n) is 11.1. The van der Waals surface area contributed by atoms with E-state index in [4.69, 9.17) is 9.47 Å². The lowest BCUT2D eigenvalue weighted by atomic mass is 9.97. The van der Waals surface area contributed by atoms with E-state index in [0.717, 1.165) is 17.0 Å². The van der Waals surface area contributed by atoms with Gasteiger partial charge < -0.3 is 14.6 Å². The molecule has 1 fully saturated rings. The number of halogens is 1. The summed E-state index contributed by atoms with van der Waals surface area (Å²) in [6.07, 6.45) is 1.12. The van der Waals surface area contributed by atoms with Crippen molar-refractivity contribution in [2.75, 3.05) is 12.0 Å². The van der Waals surface area contributed by atoms with Gasteiger partial charge in [0.05, 0.1) is 35.6 Å². The predicted molar refractivity (Wildman–Crippen MR) is 129 cm³/mol. The van der Waals surface area contributed by atoms with Gasteiger partial charge in [-0.3, -0.25) is 19.5 Å². The largest absolute Gasteiger partial charge is 0.507 e. The summed E-state index contributed by atoms with van der Waals surface area (Å²) >= 11 is 0. The topological polar surface area (TPSA) is 106 Å². The van der Waals surface area contributed by atoms with Gasteiger partial charge in [0.1, 0.15) is 23.4 Å². The molecule has 2 aromatic carbocycles. The summed E-state index contributed by atoms with van der Waals surface area (Å²) in [4.78, 5) is 44.5. The van der Waals surface area contributed by atoms with E-state index in [1.165, 1.54) is 31.5 Å². The number of ketones is 1. The Morgan fingerprint density at radius 2 is 1.86 bits per heavy atom. The number of aromatic nitrogens is 1. The molecule has 2 heterocycles. The maximum absolute atomic E-state index is 14.1. The number of anilines is 1. The van der Waals surface area contributed by atoms with Crippen molar-refractivity contribution >= 4 is 29.1 Å². The minimum Gasteiger partial charge on any atom is -0.507 e. The maximum atomic E-state index is 14.1. The van der Waals surface area contributed by atoms with Crippen LogP contribution in [0.3, 0.4) is 0 Å². The number of hydrogen-bond acceptors (Lipinski definition) is 7. The second kappa shape index (κ2) is 9.99. The van der Waals surface area contributed by atoms with Gasteiger partial charge in [-0.1, -0.05) is 12.1 Å². The number of rotatable bonds is 6. The molecule has 36 heavy (non-hydrogen) atoms. The molecule has 1 N–H and O–H groups in total. The summed E-state index contributed by atoms with van der Waals surface area (Å²) in [7, 11) is 1.33. The summed E-state index contributed by atoms with van der Waals surface area (Å²) in [5.41, 5.74) is 0.290. The number of pyridine rings is 1. The van der Waals surface area contributed by atoms with Gasteiger partial charge in [-0.2, -0.15) is 0 Å². The Bertz CT molecular complexity index is 1370. The van der Waals surface area contributed by atoms with E-state index in [1.54, 1.807) is 44.2 Å². The highest BCUT2D eigenvalue weighted by molar-refractivity contribution is 6.51. The van der Waals surface area contributed by atoms with E-state index in [0.29, 0.717) is 0 Å². The van der Waals surface area contributed by atoms with Gasteiger partial charge in [-0.25, -0.2) is 9.18 Å².